The highest BCUT2D eigenvalue weighted by Gasteiger charge is 2.08. The lowest BCUT2D eigenvalue weighted by atomic mass is 10.2. The average molecular weight is 317 g/mol. The van der Waals surface area contributed by atoms with Crippen LogP contribution < -0.4 is 10.2 Å². The van der Waals surface area contributed by atoms with E-state index >= 15 is 0 Å². The van der Waals surface area contributed by atoms with Crippen LogP contribution in [-0.2, 0) is 4.79 Å². The average Bonchev–Trinajstić information content (AvgIpc) is 2.49. The topological polar surface area (TPSA) is 67.8 Å². The predicted molar refractivity (Wildman–Crippen MR) is 84.3 cm³/mol. The second-order valence-corrected chi connectivity index (χ2v) is 4.83. The summed E-state index contributed by atoms with van der Waals surface area (Å²) in [6.07, 6.45) is 1.49. The molecule has 0 aliphatic heterocycles. The van der Waals surface area contributed by atoms with Gasteiger partial charge in [0.25, 0.3) is 0 Å². The lowest BCUT2D eigenvalue weighted by Crippen LogP contribution is -2.12. The Morgan fingerprint density at radius 1 is 1.09 bits per heavy atom. The van der Waals surface area contributed by atoms with Gasteiger partial charge in [0.15, 0.2) is 0 Å². The zero-order chi connectivity index (χ0) is 15.9. The minimum Gasteiger partial charge on any atom is -0.423 e. The van der Waals surface area contributed by atoms with Crippen LogP contribution in [0.25, 0.3) is 0 Å². The van der Waals surface area contributed by atoms with Crippen LogP contribution in [0.2, 0.25) is 5.02 Å². The van der Waals surface area contributed by atoms with Crippen molar-refractivity contribution in [3.63, 3.8) is 0 Å². The standard InChI is InChI=1S/C16H13ClN2O3/c1-11(20)19-18-10-12-2-8-15(9-3-12)22-16(21)13-4-6-14(17)7-5-13/h2-10H,1H3,(H,19,20). The van der Waals surface area contributed by atoms with Gasteiger partial charge in [-0.15, -0.1) is 0 Å². The first-order valence-electron chi connectivity index (χ1n) is 6.42. The molecule has 0 bridgehead atoms. The molecule has 0 heterocycles. The van der Waals surface area contributed by atoms with Crippen LogP contribution in [-0.4, -0.2) is 18.1 Å². The number of nitrogens with one attached hydrogen (secondary N) is 1. The number of esters is 1. The van der Waals surface area contributed by atoms with Crippen LogP contribution in [0.4, 0.5) is 0 Å². The second-order valence-electron chi connectivity index (χ2n) is 4.39. The number of carbonyl (C=O) groups is 2. The van der Waals surface area contributed by atoms with Gasteiger partial charge in [0.2, 0.25) is 5.91 Å². The predicted octanol–water partition coefficient (Wildman–Crippen LogP) is 3.03. The number of amides is 1. The Balaban J connectivity index is 1.98. The molecule has 2 aromatic carbocycles. The third-order valence-corrected chi connectivity index (χ3v) is 2.86. The number of halogens is 1. The Hall–Kier alpha value is -2.66. The summed E-state index contributed by atoms with van der Waals surface area (Å²) in [7, 11) is 0. The smallest absolute Gasteiger partial charge is 0.343 e. The van der Waals surface area contributed by atoms with Gasteiger partial charge in [-0.05, 0) is 54.1 Å². The highest BCUT2D eigenvalue weighted by atomic mass is 35.5. The molecule has 0 spiro atoms. The van der Waals surface area contributed by atoms with Crippen LogP contribution in [0.5, 0.6) is 5.75 Å². The molecule has 2 aromatic rings. The fourth-order valence-corrected chi connectivity index (χ4v) is 1.70. The van der Waals surface area contributed by atoms with E-state index in [1.165, 1.54) is 13.1 Å². The van der Waals surface area contributed by atoms with Gasteiger partial charge >= 0.3 is 5.97 Å². The molecular weight excluding hydrogens is 304 g/mol. The third-order valence-electron chi connectivity index (χ3n) is 2.61. The van der Waals surface area contributed by atoms with E-state index in [0.29, 0.717) is 16.3 Å². The quantitative estimate of drug-likeness (QED) is 0.408. The molecule has 0 fully saturated rings. The third kappa shape index (κ3) is 4.71. The largest absolute Gasteiger partial charge is 0.423 e. The molecule has 1 N–H and O–H groups in total. The van der Waals surface area contributed by atoms with Crippen molar-refractivity contribution >= 4 is 29.7 Å². The molecule has 0 aliphatic carbocycles. The van der Waals surface area contributed by atoms with Crippen LogP contribution in [0, 0.1) is 0 Å². The Bertz CT molecular complexity index is 694. The van der Waals surface area contributed by atoms with Crippen molar-refractivity contribution in [2.75, 3.05) is 0 Å². The van der Waals surface area contributed by atoms with E-state index in [2.05, 4.69) is 10.5 Å². The van der Waals surface area contributed by atoms with E-state index in [-0.39, 0.29) is 5.91 Å². The number of hydrazone groups is 1. The number of rotatable bonds is 4. The Morgan fingerprint density at radius 3 is 2.32 bits per heavy atom. The minimum atomic E-state index is -0.462. The highest BCUT2D eigenvalue weighted by Crippen LogP contribution is 2.15. The zero-order valence-corrected chi connectivity index (χ0v) is 12.5. The molecule has 0 saturated carbocycles. The Kier molecular flexibility index (Phi) is 5.27. The monoisotopic (exact) mass is 316 g/mol. The molecule has 2 rings (SSSR count). The van der Waals surface area contributed by atoms with E-state index in [4.69, 9.17) is 16.3 Å². The number of ether oxygens (including phenoxy) is 1. The van der Waals surface area contributed by atoms with Gasteiger partial charge in [-0.1, -0.05) is 11.6 Å². The van der Waals surface area contributed by atoms with Gasteiger partial charge in [-0.3, -0.25) is 4.79 Å². The second kappa shape index (κ2) is 7.38. The summed E-state index contributed by atoms with van der Waals surface area (Å²) in [5.41, 5.74) is 3.48. The van der Waals surface area contributed by atoms with Crippen molar-refractivity contribution < 1.29 is 14.3 Å². The van der Waals surface area contributed by atoms with E-state index in [1.54, 1.807) is 48.5 Å². The molecule has 0 aromatic heterocycles. The molecule has 0 radical (unpaired) electrons. The summed E-state index contributed by atoms with van der Waals surface area (Å²) in [6.45, 7) is 1.37. The summed E-state index contributed by atoms with van der Waals surface area (Å²) in [5.74, 6) is -0.294. The summed E-state index contributed by atoms with van der Waals surface area (Å²) in [6, 6.07) is 13.2. The SMILES string of the molecule is CC(=O)NN=Cc1ccc(OC(=O)c2ccc(Cl)cc2)cc1. The fraction of sp³-hybridized carbons (Fsp3) is 0.0625. The van der Waals surface area contributed by atoms with Gasteiger partial charge in [-0.25, -0.2) is 10.2 Å². The van der Waals surface area contributed by atoms with Crippen LogP contribution in [0.3, 0.4) is 0 Å². The maximum Gasteiger partial charge on any atom is 0.343 e. The Morgan fingerprint density at radius 2 is 1.73 bits per heavy atom. The lowest BCUT2D eigenvalue weighted by molar-refractivity contribution is -0.118. The van der Waals surface area contributed by atoms with Gasteiger partial charge in [0, 0.05) is 11.9 Å². The minimum absolute atomic E-state index is 0.246. The number of carbonyl (C=O) groups excluding carboxylic acids is 2. The van der Waals surface area contributed by atoms with Gasteiger partial charge in [-0.2, -0.15) is 5.10 Å². The Labute approximate surface area is 132 Å². The van der Waals surface area contributed by atoms with Crippen molar-refractivity contribution in [1.29, 1.82) is 0 Å². The number of benzene rings is 2. The molecule has 0 atom stereocenters. The van der Waals surface area contributed by atoms with Crippen molar-refractivity contribution in [2.24, 2.45) is 5.10 Å². The van der Waals surface area contributed by atoms with Gasteiger partial charge in [0.05, 0.1) is 11.8 Å². The number of nitrogens with zero attached hydrogens (tertiary/aromatic N) is 1. The van der Waals surface area contributed by atoms with Crippen LogP contribution in [0.1, 0.15) is 22.8 Å². The highest BCUT2D eigenvalue weighted by molar-refractivity contribution is 6.30. The lowest BCUT2D eigenvalue weighted by Gasteiger charge is -2.04. The number of hydrogen-bond acceptors (Lipinski definition) is 4. The van der Waals surface area contributed by atoms with Crippen molar-refractivity contribution in [3.8, 4) is 5.75 Å². The molecule has 0 saturated heterocycles. The molecule has 112 valence electrons. The maximum atomic E-state index is 11.9. The maximum absolute atomic E-state index is 11.9. The van der Waals surface area contributed by atoms with E-state index in [9.17, 15) is 9.59 Å². The molecule has 6 heteroatoms. The van der Waals surface area contributed by atoms with Gasteiger partial charge in [0.1, 0.15) is 5.75 Å². The number of hydrogen-bond donors (Lipinski definition) is 1. The van der Waals surface area contributed by atoms with Crippen molar-refractivity contribution in [3.05, 3.63) is 64.7 Å². The first-order valence-corrected chi connectivity index (χ1v) is 6.80. The summed E-state index contributed by atoms with van der Waals surface area (Å²) in [5, 5.41) is 4.30. The fourth-order valence-electron chi connectivity index (χ4n) is 1.57. The van der Waals surface area contributed by atoms with E-state index in [0.717, 1.165) is 5.56 Å². The van der Waals surface area contributed by atoms with Crippen molar-refractivity contribution in [1.82, 2.24) is 5.43 Å². The molecule has 5 nitrogen and oxygen atoms in total. The molecule has 0 unspecified atom stereocenters. The zero-order valence-electron chi connectivity index (χ0n) is 11.7. The van der Waals surface area contributed by atoms with E-state index in [1.807, 2.05) is 0 Å². The van der Waals surface area contributed by atoms with Crippen molar-refractivity contribution in [2.45, 2.75) is 6.92 Å². The molecule has 1 amide bonds. The molecular formula is C16H13ClN2O3. The van der Waals surface area contributed by atoms with E-state index < -0.39 is 5.97 Å². The molecule has 22 heavy (non-hydrogen) atoms. The normalized spacial score (nSPS) is 10.5. The summed E-state index contributed by atoms with van der Waals surface area (Å²) >= 11 is 5.76. The molecule has 0 aliphatic rings. The first-order chi connectivity index (χ1) is 10.5. The van der Waals surface area contributed by atoms with Gasteiger partial charge < -0.3 is 4.74 Å². The summed E-state index contributed by atoms with van der Waals surface area (Å²) < 4.78 is 5.24. The summed E-state index contributed by atoms with van der Waals surface area (Å²) in [4.78, 5) is 22.6. The van der Waals surface area contributed by atoms with Crippen LogP contribution in [0.15, 0.2) is 53.6 Å². The van der Waals surface area contributed by atoms with Crippen LogP contribution >= 0.6 is 11.6 Å². The first kappa shape index (κ1) is 15.7.